The van der Waals surface area contributed by atoms with Crippen molar-refractivity contribution in [3.63, 3.8) is 0 Å². The van der Waals surface area contributed by atoms with Gasteiger partial charge in [-0.1, -0.05) is 0 Å². The molecule has 0 saturated carbocycles. The normalized spacial score (nSPS) is 10.4. The molecule has 0 fully saturated rings. The predicted octanol–water partition coefficient (Wildman–Crippen LogP) is 3.34. The molecule has 0 aliphatic carbocycles. The molecule has 0 spiro atoms. The lowest BCUT2D eigenvalue weighted by Crippen LogP contribution is -2.07. The van der Waals surface area contributed by atoms with Gasteiger partial charge in [-0.05, 0) is 44.5 Å². The molecule has 0 aliphatic rings. The highest BCUT2D eigenvalue weighted by Gasteiger charge is 2.12. The maximum absolute atomic E-state index is 13.9. The van der Waals surface area contributed by atoms with Crippen molar-refractivity contribution in [2.24, 2.45) is 0 Å². The minimum atomic E-state index is -0.402. The molecule has 0 amide bonds. The second-order valence-corrected chi connectivity index (χ2v) is 4.51. The first kappa shape index (κ1) is 14.2. The fourth-order valence-corrected chi connectivity index (χ4v) is 1.99. The standard InChI is InChI=1S/C15H18FN3O/c1-5-17-15-13(16)10(3)18-14(19-15)11-6-7-12(20-4)9(2)8-11/h6-8H,5H2,1-4H3,(H,17,18,19). The summed E-state index contributed by atoms with van der Waals surface area (Å²) in [5.74, 6) is 1.15. The second kappa shape index (κ2) is 5.86. The van der Waals surface area contributed by atoms with E-state index in [9.17, 15) is 4.39 Å². The van der Waals surface area contributed by atoms with Crippen LogP contribution in [0.1, 0.15) is 18.2 Å². The fourth-order valence-electron chi connectivity index (χ4n) is 1.99. The van der Waals surface area contributed by atoms with Crippen LogP contribution in [0, 0.1) is 19.7 Å². The summed E-state index contributed by atoms with van der Waals surface area (Å²) in [6, 6.07) is 5.66. The Morgan fingerprint density at radius 2 is 2.00 bits per heavy atom. The zero-order chi connectivity index (χ0) is 14.7. The summed E-state index contributed by atoms with van der Waals surface area (Å²) in [6.45, 7) is 6.09. The third-order valence-electron chi connectivity index (χ3n) is 3.01. The molecule has 2 rings (SSSR count). The zero-order valence-corrected chi connectivity index (χ0v) is 12.1. The summed E-state index contributed by atoms with van der Waals surface area (Å²) >= 11 is 0. The van der Waals surface area contributed by atoms with Gasteiger partial charge in [0.25, 0.3) is 0 Å². The quantitative estimate of drug-likeness (QED) is 0.929. The maximum Gasteiger partial charge on any atom is 0.186 e. The topological polar surface area (TPSA) is 47.0 Å². The maximum atomic E-state index is 13.9. The van der Waals surface area contributed by atoms with E-state index in [2.05, 4.69) is 15.3 Å². The lowest BCUT2D eigenvalue weighted by atomic mass is 10.1. The average molecular weight is 275 g/mol. The monoisotopic (exact) mass is 275 g/mol. The largest absolute Gasteiger partial charge is 0.496 e. The Morgan fingerprint density at radius 3 is 2.60 bits per heavy atom. The summed E-state index contributed by atoms with van der Waals surface area (Å²) in [5.41, 5.74) is 2.16. The molecule has 2 aromatic rings. The zero-order valence-electron chi connectivity index (χ0n) is 12.1. The molecule has 4 nitrogen and oxygen atoms in total. The first-order valence-corrected chi connectivity index (χ1v) is 6.49. The highest BCUT2D eigenvalue weighted by Crippen LogP contribution is 2.26. The van der Waals surface area contributed by atoms with Crippen molar-refractivity contribution >= 4 is 5.82 Å². The molecule has 0 atom stereocenters. The van der Waals surface area contributed by atoms with E-state index in [4.69, 9.17) is 4.74 Å². The van der Waals surface area contributed by atoms with Crippen molar-refractivity contribution in [3.05, 3.63) is 35.3 Å². The molecule has 0 bridgehead atoms. The van der Waals surface area contributed by atoms with Crippen molar-refractivity contribution in [1.29, 1.82) is 0 Å². The van der Waals surface area contributed by atoms with E-state index in [0.717, 1.165) is 16.9 Å². The highest BCUT2D eigenvalue weighted by atomic mass is 19.1. The molecule has 0 aliphatic heterocycles. The van der Waals surface area contributed by atoms with E-state index < -0.39 is 5.82 Å². The summed E-state index contributed by atoms with van der Waals surface area (Å²) in [5, 5.41) is 2.91. The number of benzene rings is 1. The number of nitrogens with zero attached hydrogens (tertiary/aromatic N) is 2. The molecule has 0 radical (unpaired) electrons. The van der Waals surface area contributed by atoms with Gasteiger partial charge in [0, 0.05) is 12.1 Å². The summed E-state index contributed by atoms with van der Waals surface area (Å²) in [4.78, 5) is 8.47. The SMILES string of the molecule is CCNc1nc(-c2ccc(OC)c(C)c2)nc(C)c1F. The smallest absolute Gasteiger partial charge is 0.186 e. The molecule has 0 saturated heterocycles. The molecule has 20 heavy (non-hydrogen) atoms. The highest BCUT2D eigenvalue weighted by molar-refractivity contribution is 5.60. The van der Waals surface area contributed by atoms with Gasteiger partial charge in [-0.25, -0.2) is 14.4 Å². The van der Waals surface area contributed by atoms with E-state index in [-0.39, 0.29) is 5.82 Å². The van der Waals surface area contributed by atoms with Gasteiger partial charge >= 0.3 is 0 Å². The van der Waals surface area contributed by atoms with Crippen LogP contribution in [0.4, 0.5) is 10.2 Å². The number of anilines is 1. The van der Waals surface area contributed by atoms with Crippen LogP contribution in [0.2, 0.25) is 0 Å². The van der Waals surface area contributed by atoms with E-state index in [0.29, 0.717) is 18.1 Å². The Bertz CT molecular complexity index is 629. The number of ether oxygens (including phenoxy) is 1. The van der Waals surface area contributed by atoms with Crippen molar-refractivity contribution in [3.8, 4) is 17.1 Å². The molecule has 1 N–H and O–H groups in total. The molecule has 1 aromatic carbocycles. The average Bonchev–Trinajstić information content (AvgIpc) is 2.43. The van der Waals surface area contributed by atoms with Crippen LogP contribution in [-0.2, 0) is 0 Å². The summed E-state index contributed by atoms with van der Waals surface area (Å²) < 4.78 is 19.1. The van der Waals surface area contributed by atoms with Gasteiger partial charge in [0.15, 0.2) is 17.5 Å². The van der Waals surface area contributed by atoms with Gasteiger partial charge in [0.2, 0.25) is 0 Å². The Morgan fingerprint density at radius 1 is 1.25 bits per heavy atom. The van der Waals surface area contributed by atoms with Crippen LogP contribution in [-0.4, -0.2) is 23.6 Å². The third kappa shape index (κ3) is 2.71. The number of aryl methyl sites for hydroxylation is 2. The van der Waals surface area contributed by atoms with E-state index in [1.54, 1.807) is 14.0 Å². The van der Waals surface area contributed by atoms with Crippen LogP contribution in [0.25, 0.3) is 11.4 Å². The number of hydrogen-bond donors (Lipinski definition) is 1. The number of methoxy groups -OCH3 is 1. The van der Waals surface area contributed by atoms with E-state index >= 15 is 0 Å². The molecular formula is C15H18FN3O. The Balaban J connectivity index is 2.49. The minimum Gasteiger partial charge on any atom is -0.496 e. The Hall–Kier alpha value is -2.17. The number of aromatic nitrogens is 2. The molecule has 1 aromatic heterocycles. The van der Waals surface area contributed by atoms with Crippen LogP contribution in [0.5, 0.6) is 5.75 Å². The Labute approximate surface area is 118 Å². The van der Waals surface area contributed by atoms with E-state index in [1.165, 1.54) is 0 Å². The fraction of sp³-hybridized carbons (Fsp3) is 0.333. The molecule has 1 heterocycles. The number of nitrogens with one attached hydrogen (secondary N) is 1. The first-order chi connectivity index (χ1) is 9.56. The second-order valence-electron chi connectivity index (χ2n) is 4.51. The Kier molecular flexibility index (Phi) is 4.17. The lowest BCUT2D eigenvalue weighted by molar-refractivity contribution is 0.412. The van der Waals surface area contributed by atoms with Gasteiger partial charge in [0.1, 0.15) is 5.75 Å². The first-order valence-electron chi connectivity index (χ1n) is 6.49. The van der Waals surface area contributed by atoms with Gasteiger partial charge in [-0.2, -0.15) is 0 Å². The van der Waals surface area contributed by atoms with Crippen LogP contribution in [0.15, 0.2) is 18.2 Å². The minimum absolute atomic E-state index is 0.239. The summed E-state index contributed by atoms with van der Waals surface area (Å²) in [6.07, 6.45) is 0. The van der Waals surface area contributed by atoms with Gasteiger partial charge in [0.05, 0.1) is 12.8 Å². The van der Waals surface area contributed by atoms with Crippen molar-refractivity contribution in [2.45, 2.75) is 20.8 Å². The van der Waals surface area contributed by atoms with Crippen molar-refractivity contribution < 1.29 is 9.13 Å². The third-order valence-corrected chi connectivity index (χ3v) is 3.01. The van der Waals surface area contributed by atoms with Crippen LogP contribution >= 0.6 is 0 Å². The lowest BCUT2D eigenvalue weighted by Gasteiger charge is -2.10. The molecule has 106 valence electrons. The van der Waals surface area contributed by atoms with Crippen molar-refractivity contribution in [2.75, 3.05) is 19.0 Å². The molecule has 5 heteroatoms. The van der Waals surface area contributed by atoms with E-state index in [1.807, 2.05) is 32.0 Å². The number of hydrogen-bond acceptors (Lipinski definition) is 4. The number of rotatable bonds is 4. The molecular weight excluding hydrogens is 257 g/mol. The van der Waals surface area contributed by atoms with Crippen LogP contribution in [0.3, 0.4) is 0 Å². The number of halogens is 1. The van der Waals surface area contributed by atoms with Crippen molar-refractivity contribution in [1.82, 2.24) is 9.97 Å². The summed E-state index contributed by atoms with van der Waals surface area (Å²) in [7, 11) is 1.63. The molecule has 0 unspecified atom stereocenters. The predicted molar refractivity (Wildman–Crippen MR) is 77.6 cm³/mol. The van der Waals surface area contributed by atoms with Crippen LogP contribution < -0.4 is 10.1 Å². The van der Waals surface area contributed by atoms with Gasteiger partial charge in [-0.3, -0.25) is 0 Å². The van der Waals surface area contributed by atoms with Gasteiger partial charge < -0.3 is 10.1 Å². The van der Waals surface area contributed by atoms with Gasteiger partial charge in [-0.15, -0.1) is 0 Å².